The van der Waals surface area contributed by atoms with Crippen molar-refractivity contribution in [2.45, 2.75) is 4.90 Å². The SMILES string of the molecule is N#Cc1cccc(S(=O)(=O)Nc2cccc3cccnc23)c1. The van der Waals surface area contributed by atoms with E-state index in [1.54, 1.807) is 30.5 Å². The van der Waals surface area contributed by atoms with Gasteiger partial charge in [0.2, 0.25) is 0 Å². The molecule has 6 heteroatoms. The molecule has 0 saturated heterocycles. The van der Waals surface area contributed by atoms with Gasteiger partial charge in [0.1, 0.15) is 0 Å². The molecule has 0 atom stereocenters. The number of nitriles is 1. The molecule has 0 aliphatic heterocycles. The van der Waals surface area contributed by atoms with Gasteiger partial charge in [0.25, 0.3) is 10.0 Å². The van der Waals surface area contributed by atoms with Gasteiger partial charge in [-0.1, -0.05) is 24.3 Å². The third-order valence-electron chi connectivity index (χ3n) is 3.15. The summed E-state index contributed by atoms with van der Waals surface area (Å²) in [5, 5.41) is 9.72. The van der Waals surface area contributed by atoms with E-state index in [-0.39, 0.29) is 4.90 Å². The third kappa shape index (κ3) is 2.62. The Balaban J connectivity index is 2.05. The summed E-state index contributed by atoms with van der Waals surface area (Å²) < 4.78 is 27.5. The average molecular weight is 309 g/mol. The van der Waals surface area contributed by atoms with Crippen LogP contribution in [0, 0.1) is 11.3 Å². The van der Waals surface area contributed by atoms with Crippen molar-refractivity contribution in [3.05, 3.63) is 66.4 Å². The second-order valence-corrected chi connectivity index (χ2v) is 6.31. The number of pyridine rings is 1. The lowest BCUT2D eigenvalue weighted by molar-refractivity contribution is 0.601. The molecule has 1 aromatic heterocycles. The maximum Gasteiger partial charge on any atom is 0.262 e. The number of hydrogen-bond acceptors (Lipinski definition) is 4. The molecular weight excluding hydrogens is 298 g/mol. The number of benzene rings is 2. The van der Waals surface area contributed by atoms with Crippen LogP contribution in [0.25, 0.3) is 10.9 Å². The fraction of sp³-hybridized carbons (Fsp3) is 0. The highest BCUT2D eigenvalue weighted by molar-refractivity contribution is 7.92. The molecule has 0 bridgehead atoms. The first kappa shape index (κ1) is 14.0. The Morgan fingerprint density at radius 2 is 1.82 bits per heavy atom. The maximum atomic E-state index is 12.5. The standard InChI is InChI=1S/C16H11N3O2S/c17-11-12-4-1-7-14(10-12)22(20,21)19-15-8-2-5-13-6-3-9-18-16(13)15/h1-10,19H. The Bertz CT molecular complexity index is 986. The van der Waals surface area contributed by atoms with Crippen molar-refractivity contribution >= 4 is 26.6 Å². The normalized spacial score (nSPS) is 11.0. The van der Waals surface area contributed by atoms with Gasteiger partial charge in [-0.15, -0.1) is 0 Å². The van der Waals surface area contributed by atoms with Gasteiger partial charge in [0.15, 0.2) is 0 Å². The van der Waals surface area contributed by atoms with Gasteiger partial charge in [-0.2, -0.15) is 5.26 Å². The van der Waals surface area contributed by atoms with Crippen LogP contribution in [-0.2, 0) is 10.0 Å². The van der Waals surface area contributed by atoms with Gasteiger partial charge in [0.05, 0.1) is 27.7 Å². The minimum absolute atomic E-state index is 0.0412. The number of aromatic nitrogens is 1. The minimum Gasteiger partial charge on any atom is -0.277 e. The van der Waals surface area contributed by atoms with E-state index in [1.807, 2.05) is 18.2 Å². The summed E-state index contributed by atoms with van der Waals surface area (Å²) in [7, 11) is -3.78. The highest BCUT2D eigenvalue weighted by atomic mass is 32.2. The molecule has 1 N–H and O–H groups in total. The summed E-state index contributed by atoms with van der Waals surface area (Å²) in [5.74, 6) is 0. The number of para-hydroxylation sites is 1. The fourth-order valence-corrected chi connectivity index (χ4v) is 3.23. The molecule has 0 aliphatic rings. The van der Waals surface area contributed by atoms with Crippen LogP contribution in [0.2, 0.25) is 0 Å². The summed E-state index contributed by atoms with van der Waals surface area (Å²) >= 11 is 0. The van der Waals surface area contributed by atoms with Crippen molar-refractivity contribution in [1.82, 2.24) is 4.98 Å². The smallest absolute Gasteiger partial charge is 0.262 e. The number of hydrogen-bond donors (Lipinski definition) is 1. The first-order valence-corrected chi connectivity index (χ1v) is 7.95. The lowest BCUT2D eigenvalue weighted by atomic mass is 10.2. The van der Waals surface area contributed by atoms with Crippen LogP contribution < -0.4 is 4.72 Å². The predicted octanol–water partition coefficient (Wildman–Crippen LogP) is 2.91. The zero-order valence-corrected chi connectivity index (χ0v) is 12.2. The summed E-state index contributed by atoms with van der Waals surface area (Å²) in [6, 6.07) is 16.7. The van der Waals surface area contributed by atoms with Crippen LogP contribution in [0.3, 0.4) is 0 Å². The predicted molar refractivity (Wildman–Crippen MR) is 83.7 cm³/mol. The number of rotatable bonds is 3. The first-order chi connectivity index (χ1) is 10.6. The van der Waals surface area contributed by atoms with Crippen molar-refractivity contribution in [3.8, 4) is 6.07 Å². The Labute approximate surface area is 127 Å². The summed E-state index contributed by atoms with van der Waals surface area (Å²) in [6.45, 7) is 0. The van der Waals surface area contributed by atoms with Crippen LogP contribution in [0.1, 0.15) is 5.56 Å². The maximum absolute atomic E-state index is 12.5. The summed E-state index contributed by atoms with van der Waals surface area (Å²) in [6.07, 6.45) is 1.61. The van der Waals surface area contributed by atoms with Crippen LogP contribution in [0.5, 0.6) is 0 Å². The Hall–Kier alpha value is -2.91. The van der Waals surface area contributed by atoms with Crippen molar-refractivity contribution in [2.24, 2.45) is 0 Å². The molecule has 108 valence electrons. The fourth-order valence-electron chi connectivity index (χ4n) is 2.12. The zero-order chi connectivity index (χ0) is 15.6. The molecule has 0 radical (unpaired) electrons. The second kappa shape index (κ2) is 5.47. The number of nitrogens with one attached hydrogen (secondary N) is 1. The van der Waals surface area contributed by atoms with E-state index in [9.17, 15) is 8.42 Å². The van der Waals surface area contributed by atoms with E-state index in [0.717, 1.165) is 5.39 Å². The minimum atomic E-state index is -3.78. The van der Waals surface area contributed by atoms with Crippen molar-refractivity contribution < 1.29 is 8.42 Å². The molecule has 0 spiro atoms. The highest BCUT2D eigenvalue weighted by Gasteiger charge is 2.16. The molecule has 0 amide bonds. The van der Waals surface area contributed by atoms with E-state index in [4.69, 9.17) is 5.26 Å². The Morgan fingerprint density at radius 1 is 1.05 bits per heavy atom. The quantitative estimate of drug-likeness (QED) is 0.806. The van der Waals surface area contributed by atoms with E-state index in [2.05, 4.69) is 9.71 Å². The van der Waals surface area contributed by atoms with E-state index in [0.29, 0.717) is 16.8 Å². The van der Waals surface area contributed by atoms with Crippen molar-refractivity contribution in [3.63, 3.8) is 0 Å². The lowest BCUT2D eigenvalue weighted by Crippen LogP contribution is -2.13. The first-order valence-electron chi connectivity index (χ1n) is 6.47. The van der Waals surface area contributed by atoms with Gasteiger partial charge in [-0.05, 0) is 30.3 Å². The van der Waals surface area contributed by atoms with Crippen LogP contribution in [-0.4, -0.2) is 13.4 Å². The largest absolute Gasteiger partial charge is 0.277 e. The third-order valence-corrected chi connectivity index (χ3v) is 4.51. The van der Waals surface area contributed by atoms with Gasteiger partial charge >= 0.3 is 0 Å². The molecule has 0 unspecified atom stereocenters. The zero-order valence-electron chi connectivity index (χ0n) is 11.4. The lowest BCUT2D eigenvalue weighted by Gasteiger charge is -2.10. The van der Waals surface area contributed by atoms with E-state index in [1.165, 1.54) is 18.2 Å². The second-order valence-electron chi connectivity index (χ2n) is 4.63. The number of sulfonamides is 1. The monoisotopic (exact) mass is 309 g/mol. The molecule has 3 aromatic rings. The molecule has 0 fully saturated rings. The number of nitrogens with zero attached hydrogens (tertiary/aromatic N) is 2. The van der Waals surface area contributed by atoms with Gasteiger partial charge in [-0.3, -0.25) is 9.71 Å². The number of anilines is 1. The number of fused-ring (bicyclic) bond motifs is 1. The molecule has 2 aromatic carbocycles. The molecule has 0 aliphatic carbocycles. The Morgan fingerprint density at radius 3 is 2.64 bits per heavy atom. The molecule has 5 nitrogen and oxygen atoms in total. The van der Waals surface area contributed by atoms with Crippen molar-refractivity contribution in [1.29, 1.82) is 5.26 Å². The topological polar surface area (TPSA) is 82.8 Å². The Kier molecular flexibility index (Phi) is 3.49. The van der Waals surface area contributed by atoms with Gasteiger partial charge in [0, 0.05) is 11.6 Å². The molecule has 1 heterocycles. The average Bonchev–Trinajstić information content (AvgIpc) is 2.55. The van der Waals surface area contributed by atoms with Crippen LogP contribution in [0.4, 0.5) is 5.69 Å². The van der Waals surface area contributed by atoms with Crippen molar-refractivity contribution in [2.75, 3.05) is 4.72 Å². The van der Waals surface area contributed by atoms with Crippen LogP contribution >= 0.6 is 0 Å². The molecule has 22 heavy (non-hydrogen) atoms. The molecule has 3 rings (SSSR count). The highest BCUT2D eigenvalue weighted by Crippen LogP contribution is 2.24. The van der Waals surface area contributed by atoms with E-state index >= 15 is 0 Å². The van der Waals surface area contributed by atoms with Gasteiger partial charge < -0.3 is 0 Å². The van der Waals surface area contributed by atoms with E-state index < -0.39 is 10.0 Å². The molecular formula is C16H11N3O2S. The van der Waals surface area contributed by atoms with Gasteiger partial charge in [-0.25, -0.2) is 8.42 Å². The summed E-state index contributed by atoms with van der Waals surface area (Å²) in [5.41, 5.74) is 1.27. The summed E-state index contributed by atoms with van der Waals surface area (Å²) in [4.78, 5) is 4.25. The molecule has 0 saturated carbocycles. The van der Waals surface area contributed by atoms with Crippen LogP contribution in [0.15, 0.2) is 65.7 Å².